The van der Waals surface area contributed by atoms with Crippen molar-refractivity contribution in [3.05, 3.63) is 35.9 Å². The van der Waals surface area contributed by atoms with Gasteiger partial charge in [0.1, 0.15) is 6.33 Å². The average Bonchev–Trinajstić information content (AvgIpc) is 2.92. The Labute approximate surface area is 109 Å². The quantitative estimate of drug-likeness (QED) is 0.784. The van der Waals surface area contributed by atoms with Gasteiger partial charge in [-0.1, -0.05) is 17.4 Å². The van der Waals surface area contributed by atoms with Crippen LogP contribution in [0.25, 0.3) is 10.2 Å². The van der Waals surface area contributed by atoms with Crippen LogP contribution in [0.15, 0.2) is 24.5 Å². The van der Waals surface area contributed by atoms with Crippen molar-refractivity contribution >= 4 is 26.7 Å². The van der Waals surface area contributed by atoms with Crippen LogP contribution in [0.5, 0.6) is 0 Å². The van der Waals surface area contributed by atoms with Crippen LogP contribution < -0.4 is 5.32 Å². The Morgan fingerprint density at radius 2 is 2.28 bits per heavy atom. The second kappa shape index (κ2) is 4.38. The molecule has 1 N–H and O–H groups in total. The molecule has 0 unspecified atom stereocenters. The van der Waals surface area contributed by atoms with Gasteiger partial charge in [-0.3, -0.25) is 4.68 Å². The zero-order valence-corrected chi connectivity index (χ0v) is 11.0. The van der Waals surface area contributed by atoms with E-state index in [1.807, 2.05) is 13.1 Å². The lowest BCUT2D eigenvalue weighted by molar-refractivity contribution is 0.747. The summed E-state index contributed by atoms with van der Waals surface area (Å²) in [7, 11) is 1.86. The fourth-order valence-corrected chi connectivity index (χ4v) is 2.69. The first kappa shape index (κ1) is 11.2. The average molecular weight is 259 g/mol. The molecule has 18 heavy (non-hydrogen) atoms. The normalized spacial score (nSPS) is 11.0. The number of nitrogens with one attached hydrogen (secondary N) is 1. The summed E-state index contributed by atoms with van der Waals surface area (Å²) in [6.45, 7) is 2.68. The number of hydrogen-bond acceptors (Lipinski definition) is 5. The van der Waals surface area contributed by atoms with E-state index in [1.165, 1.54) is 10.3 Å². The lowest BCUT2D eigenvalue weighted by Crippen LogP contribution is -2.01. The molecule has 2 heterocycles. The van der Waals surface area contributed by atoms with Crippen LogP contribution in [0.3, 0.4) is 0 Å². The molecule has 0 bridgehead atoms. The van der Waals surface area contributed by atoms with Gasteiger partial charge in [0.05, 0.1) is 16.8 Å². The number of anilines is 1. The van der Waals surface area contributed by atoms with Gasteiger partial charge in [-0.2, -0.15) is 5.10 Å². The molecule has 0 radical (unpaired) electrons. The molecular formula is C12H13N5S. The van der Waals surface area contributed by atoms with Gasteiger partial charge in [-0.15, -0.1) is 0 Å². The molecule has 92 valence electrons. The molecular weight excluding hydrogens is 246 g/mol. The Kier molecular flexibility index (Phi) is 2.71. The maximum absolute atomic E-state index is 4.52. The zero-order chi connectivity index (χ0) is 12.5. The molecule has 1 aromatic carbocycles. The number of aryl methyl sites for hydroxylation is 2. The van der Waals surface area contributed by atoms with Crippen LogP contribution in [0.2, 0.25) is 0 Å². The van der Waals surface area contributed by atoms with E-state index in [0.29, 0.717) is 6.54 Å². The Balaban J connectivity index is 1.78. The Hall–Kier alpha value is -1.95. The number of rotatable bonds is 3. The highest BCUT2D eigenvalue weighted by Crippen LogP contribution is 2.26. The van der Waals surface area contributed by atoms with Crippen LogP contribution >= 0.6 is 11.3 Å². The van der Waals surface area contributed by atoms with Gasteiger partial charge >= 0.3 is 0 Å². The number of aromatic nitrogens is 4. The topological polar surface area (TPSA) is 55.6 Å². The standard InChI is InChI=1S/C12H13N5S/c1-8-3-4-9-10(5-8)18-12(15-9)13-6-11-14-7-17(2)16-11/h3-5,7H,6H2,1-2H3,(H,13,15). The summed E-state index contributed by atoms with van der Waals surface area (Å²) in [5.74, 6) is 0.771. The van der Waals surface area contributed by atoms with Gasteiger partial charge in [0.15, 0.2) is 11.0 Å². The molecule has 2 aromatic heterocycles. The highest BCUT2D eigenvalue weighted by Gasteiger charge is 2.04. The monoisotopic (exact) mass is 259 g/mol. The van der Waals surface area contributed by atoms with Crippen molar-refractivity contribution in [2.75, 3.05) is 5.32 Å². The van der Waals surface area contributed by atoms with Crippen molar-refractivity contribution in [3.63, 3.8) is 0 Å². The SMILES string of the molecule is Cc1ccc2nc(NCc3ncn(C)n3)sc2c1. The molecule has 5 nitrogen and oxygen atoms in total. The van der Waals surface area contributed by atoms with Crippen LogP contribution in [0.1, 0.15) is 11.4 Å². The van der Waals surface area contributed by atoms with E-state index in [9.17, 15) is 0 Å². The lowest BCUT2D eigenvalue weighted by Gasteiger charge is -1.96. The number of hydrogen-bond donors (Lipinski definition) is 1. The Morgan fingerprint density at radius 3 is 3.06 bits per heavy atom. The predicted octanol–water partition coefficient (Wildman–Crippen LogP) is 2.35. The maximum Gasteiger partial charge on any atom is 0.184 e. The maximum atomic E-state index is 4.52. The first-order chi connectivity index (χ1) is 8.70. The predicted molar refractivity (Wildman–Crippen MR) is 72.7 cm³/mol. The zero-order valence-electron chi connectivity index (χ0n) is 10.2. The van der Waals surface area contributed by atoms with Gasteiger partial charge in [0.2, 0.25) is 0 Å². The summed E-state index contributed by atoms with van der Waals surface area (Å²) in [5, 5.41) is 8.37. The largest absolute Gasteiger partial charge is 0.354 e. The second-order valence-electron chi connectivity index (χ2n) is 4.18. The minimum absolute atomic E-state index is 0.597. The van der Waals surface area contributed by atoms with Crippen molar-refractivity contribution in [1.29, 1.82) is 0 Å². The minimum Gasteiger partial charge on any atom is -0.354 e. The fourth-order valence-electron chi connectivity index (χ4n) is 1.73. The van der Waals surface area contributed by atoms with Crippen molar-refractivity contribution in [3.8, 4) is 0 Å². The van der Waals surface area contributed by atoms with E-state index in [-0.39, 0.29) is 0 Å². The van der Waals surface area contributed by atoms with E-state index < -0.39 is 0 Å². The third-order valence-electron chi connectivity index (χ3n) is 2.59. The summed E-state index contributed by atoms with van der Waals surface area (Å²) in [6.07, 6.45) is 1.69. The highest BCUT2D eigenvalue weighted by molar-refractivity contribution is 7.22. The number of benzene rings is 1. The van der Waals surface area contributed by atoms with E-state index in [2.05, 4.69) is 39.4 Å². The molecule has 0 spiro atoms. The van der Waals surface area contributed by atoms with Crippen LogP contribution in [0.4, 0.5) is 5.13 Å². The van der Waals surface area contributed by atoms with E-state index in [0.717, 1.165) is 16.5 Å². The third kappa shape index (κ3) is 2.19. The molecule has 0 aliphatic rings. The number of nitrogens with zero attached hydrogens (tertiary/aromatic N) is 4. The molecule has 0 saturated carbocycles. The second-order valence-corrected chi connectivity index (χ2v) is 5.21. The van der Waals surface area contributed by atoms with Gasteiger partial charge < -0.3 is 5.32 Å². The molecule has 0 fully saturated rings. The summed E-state index contributed by atoms with van der Waals surface area (Å²) >= 11 is 1.65. The molecule has 0 atom stereocenters. The number of thiazole rings is 1. The van der Waals surface area contributed by atoms with Crippen molar-refractivity contribution < 1.29 is 0 Å². The van der Waals surface area contributed by atoms with E-state index >= 15 is 0 Å². The van der Waals surface area contributed by atoms with E-state index in [1.54, 1.807) is 22.3 Å². The molecule has 0 saturated heterocycles. The van der Waals surface area contributed by atoms with Gasteiger partial charge in [-0.25, -0.2) is 9.97 Å². The van der Waals surface area contributed by atoms with Crippen molar-refractivity contribution in [2.24, 2.45) is 7.05 Å². The number of fused-ring (bicyclic) bond motifs is 1. The van der Waals surface area contributed by atoms with Gasteiger partial charge in [-0.05, 0) is 24.6 Å². The van der Waals surface area contributed by atoms with Crippen LogP contribution in [-0.2, 0) is 13.6 Å². The molecule has 6 heteroatoms. The van der Waals surface area contributed by atoms with Crippen molar-refractivity contribution in [1.82, 2.24) is 19.7 Å². The van der Waals surface area contributed by atoms with Crippen LogP contribution in [0, 0.1) is 6.92 Å². The first-order valence-electron chi connectivity index (χ1n) is 5.66. The van der Waals surface area contributed by atoms with Gasteiger partial charge in [0, 0.05) is 7.05 Å². The van der Waals surface area contributed by atoms with E-state index in [4.69, 9.17) is 0 Å². The summed E-state index contributed by atoms with van der Waals surface area (Å²) in [5.41, 5.74) is 2.28. The summed E-state index contributed by atoms with van der Waals surface area (Å²) < 4.78 is 2.89. The fraction of sp³-hybridized carbons (Fsp3) is 0.250. The first-order valence-corrected chi connectivity index (χ1v) is 6.48. The summed E-state index contributed by atoms with van der Waals surface area (Å²) in [6, 6.07) is 6.27. The molecule has 0 amide bonds. The molecule has 3 aromatic rings. The molecule has 3 rings (SSSR count). The Bertz CT molecular complexity index is 685. The third-order valence-corrected chi connectivity index (χ3v) is 3.56. The van der Waals surface area contributed by atoms with Crippen molar-refractivity contribution in [2.45, 2.75) is 13.5 Å². The molecule has 0 aliphatic heterocycles. The Morgan fingerprint density at radius 1 is 1.39 bits per heavy atom. The lowest BCUT2D eigenvalue weighted by atomic mass is 10.2. The molecule has 0 aliphatic carbocycles. The van der Waals surface area contributed by atoms with Gasteiger partial charge in [0.25, 0.3) is 0 Å². The minimum atomic E-state index is 0.597. The van der Waals surface area contributed by atoms with Crippen LogP contribution in [-0.4, -0.2) is 19.7 Å². The summed E-state index contributed by atoms with van der Waals surface area (Å²) in [4.78, 5) is 8.69. The highest BCUT2D eigenvalue weighted by atomic mass is 32.1. The smallest absolute Gasteiger partial charge is 0.184 e.